The predicted octanol–water partition coefficient (Wildman–Crippen LogP) is 2.73. The maximum absolute atomic E-state index is 10.8. The summed E-state index contributed by atoms with van der Waals surface area (Å²) in [4.78, 5) is 10.8. The summed E-state index contributed by atoms with van der Waals surface area (Å²) in [6.07, 6.45) is 1.72. The number of carbonyl (C=O) groups excluding carboxylic acids is 1. The Morgan fingerprint density at radius 1 is 1.22 bits per heavy atom. The third kappa shape index (κ3) is 4.30. The fourth-order valence-corrected chi connectivity index (χ4v) is 2.45. The normalized spacial score (nSPS) is 14.2. The minimum Gasteiger partial charge on any atom is -0.365 e. The molecule has 0 aliphatic rings. The number of hydrogen-bond acceptors (Lipinski definition) is 2. The molecule has 0 fully saturated rings. The van der Waals surface area contributed by atoms with E-state index in [1.807, 2.05) is 39.9 Å². The zero-order valence-electron chi connectivity index (χ0n) is 12.1. The first-order chi connectivity index (χ1) is 8.27. The number of ether oxygens (including phenoxy) is 1. The van der Waals surface area contributed by atoms with E-state index in [1.54, 1.807) is 0 Å². The van der Waals surface area contributed by atoms with Crippen LogP contribution in [0, 0.1) is 0 Å². The molecule has 0 aromatic heterocycles. The summed E-state index contributed by atoms with van der Waals surface area (Å²) >= 11 is 0. The van der Waals surface area contributed by atoms with Crippen molar-refractivity contribution in [3.05, 3.63) is 35.9 Å². The lowest BCUT2D eigenvalue weighted by atomic mass is 9.80. The summed E-state index contributed by atoms with van der Waals surface area (Å²) in [5.74, 6) is 0.0200. The Morgan fingerprint density at radius 3 is 2.28 bits per heavy atom. The third-order valence-corrected chi connectivity index (χ3v) is 3.05. The van der Waals surface area contributed by atoms with Crippen LogP contribution in [0.4, 0.5) is 0 Å². The van der Waals surface area contributed by atoms with Gasteiger partial charge in [-0.2, -0.15) is 0 Å². The molecular formula is C15H23BO2. The van der Waals surface area contributed by atoms with Gasteiger partial charge in [-0.25, -0.2) is 0 Å². The molecule has 0 heterocycles. The molecule has 1 unspecified atom stereocenters. The maximum Gasteiger partial charge on any atom is 0.115 e. The molecule has 1 aromatic rings. The van der Waals surface area contributed by atoms with Crippen LogP contribution in [0.25, 0.3) is 0 Å². The maximum atomic E-state index is 10.8. The molecule has 98 valence electrons. The first-order valence-corrected chi connectivity index (χ1v) is 6.48. The Labute approximate surface area is 111 Å². The Bertz CT molecular complexity index is 385. The van der Waals surface area contributed by atoms with Crippen molar-refractivity contribution in [3.63, 3.8) is 0 Å². The van der Waals surface area contributed by atoms with Gasteiger partial charge in [0.15, 0.2) is 0 Å². The zero-order valence-corrected chi connectivity index (χ0v) is 12.1. The lowest BCUT2D eigenvalue weighted by Crippen LogP contribution is -2.36. The monoisotopic (exact) mass is 246 g/mol. The van der Waals surface area contributed by atoms with E-state index in [4.69, 9.17) is 4.74 Å². The molecule has 0 N–H and O–H groups in total. The van der Waals surface area contributed by atoms with Crippen molar-refractivity contribution in [1.82, 2.24) is 0 Å². The van der Waals surface area contributed by atoms with Crippen molar-refractivity contribution in [2.75, 3.05) is 0 Å². The molecule has 1 atom stereocenters. The molecule has 0 amide bonds. The third-order valence-electron chi connectivity index (χ3n) is 3.05. The van der Waals surface area contributed by atoms with Crippen LogP contribution in [0.2, 0.25) is 5.82 Å². The van der Waals surface area contributed by atoms with Gasteiger partial charge in [-0.3, -0.25) is 0 Å². The Morgan fingerprint density at radius 2 is 1.78 bits per heavy atom. The fraction of sp³-hybridized carbons (Fsp3) is 0.533. The van der Waals surface area contributed by atoms with Crippen LogP contribution < -0.4 is 0 Å². The van der Waals surface area contributed by atoms with Crippen LogP contribution >= 0.6 is 0 Å². The van der Waals surface area contributed by atoms with Crippen molar-refractivity contribution in [3.8, 4) is 0 Å². The topological polar surface area (TPSA) is 26.3 Å². The molecule has 3 heteroatoms. The van der Waals surface area contributed by atoms with Gasteiger partial charge in [0.05, 0.1) is 11.2 Å². The van der Waals surface area contributed by atoms with Gasteiger partial charge in [-0.1, -0.05) is 30.3 Å². The van der Waals surface area contributed by atoms with Gasteiger partial charge in [-0.15, -0.1) is 0 Å². The van der Waals surface area contributed by atoms with Crippen LogP contribution in [0.1, 0.15) is 39.7 Å². The van der Waals surface area contributed by atoms with Gasteiger partial charge < -0.3 is 9.53 Å². The molecule has 0 saturated heterocycles. The SMILES string of the molecule is BC(C=O)CC(C)(C)OC(C)(C)c1ccccc1. The van der Waals surface area contributed by atoms with Crippen LogP contribution in [-0.2, 0) is 15.1 Å². The Balaban J connectivity index is 2.79. The van der Waals surface area contributed by atoms with Crippen LogP contribution in [0.3, 0.4) is 0 Å². The molecule has 0 bridgehead atoms. The molecule has 0 radical (unpaired) electrons. The van der Waals surface area contributed by atoms with E-state index in [9.17, 15) is 4.79 Å². The van der Waals surface area contributed by atoms with Gasteiger partial charge in [0.25, 0.3) is 0 Å². The Hall–Kier alpha value is -1.09. The van der Waals surface area contributed by atoms with Crippen LogP contribution in [-0.4, -0.2) is 19.7 Å². The van der Waals surface area contributed by atoms with E-state index < -0.39 is 0 Å². The zero-order chi connectivity index (χ0) is 13.8. The molecule has 2 nitrogen and oxygen atoms in total. The van der Waals surface area contributed by atoms with E-state index >= 15 is 0 Å². The molecule has 18 heavy (non-hydrogen) atoms. The number of hydrogen-bond donors (Lipinski definition) is 0. The van der Waals surface area contributed by atoms with Crippen molar-refractivity contribution < 1.29 is 9.53 Å². The highest BCUT2D eigenvalue weighted by Crippen LogP contribution is 2.33. The van der Waals surface area contributed by atoms with Gasteiger partial charge in [-0.05, 0) is 45.5 Å². The summed E-state index contributed by atoms with van der Waals surface area (Å²) in [6.45, 7) is 8.21. The molecule has 1 aromatic carbocycles. The van der Waals surface area contributed by atoms with Gasteiger partial charge in [0, 0.05) is 0 Å². The highest BCUT2D eigenvalue weighted by atomic mass is 16.5. The quantitative estimate of drug-likeness (QED) is 0.569. The van der Waals surface area contributed by atoms with Crippen molar-refractivity contribution in [2.24, 2.45) is 0 Å². The van der Waals surface area contributed by atoms with E-state index in [2.05, 4.69) is 26.0 Å². The minimum atomic E-state index is -0.354. The second kappa shape index (κ2) is 5.70. The fourth-order valence-electron chi connectivity index (χ4n) is 2.45. The first-order valence-electron chi connectivity index (χ1n) is 6.48. The average Bonchev–Trinajstić information content (AvgIpc) is 2.28. The molecule has 0 aliphatic carbocycles. The van der Waals surface area contributed by atoms with E-state index in [0.717, 1.165) is 18.3 Å². The summed E-state index contributed by atoms with van der Waals surface area (Å²) in [7, 11) is 1.92. The molecule has 0 spiro atoms. The lowest BCUT2D eigenvalue weighted by molar-refractivity contribution is -0.134. The van der Waals surface area contributed by atoms with E-state index in [-0.39, 0.29) is 17.0 Å². The van der Waals surface area contributed by atoms with Crippen LogP contribution in [0.15, 0.2) is 30.3 Å². The van der Waals surface area contributed by atoms with Crippen LogP contribution in [0.5, 0.6) is 0 Å². The lowest BCUT2D eigenvalue weighted by Gasteiger charge is -2.37. The molecule has 1 rings (SSSR count). The van der Waals surface area contributed by atoms with Gasteiger partial charge in [0.2, 0.25) is 0 Å². The minimum absolute atomic E-state index is 0.0200. The summed E-state index contributed by atoms with van der Waals surface area (Å²) in [6, 6.07) is 10.2. The average molecular weight is 246 g/mol. The number of carbonyl (C=O) groups is 1. The smallest absolute Gasteiger partial charge is 0.115 e. The standard InChI is InChI=1S/C15H23BO2/c1-14(2,10-13(16)11-17)18-15(3,4)12-8-6-5-7-9-12/h5-9,11,13H,10,16H2,1-4H3. The highest BCUT2D eigenvalue weighted by molar-refractivity contribution is 6.19. The summed E-state index contributed by atoms with van der Waals surface area (Å²) in [5, 5.41) is 0. The second-order valence-corrected chi connectivity index (χ2v) is 6.06. The number of benzene rings is 1. The second-order valence-electron chi connectivity index (χ2n) is 6.06. The molecule has 0 aliphatic heterocycles. The molecule has 0 saturated carbocycles. The van der Waals surface area contributed by atoms with Gasteiger partial charge in [0.1, 0.15) is 14.1 Å². The van der Waals surface area contributed by atoms with E-state index in [0.29, 0.717) is 0 Å². The summed E-state index contributed by atoms with van der Waals surface area (Å²) < 4.78 is 6.22. The number of aldehydes is 1. The van der Waals surface area contributed by atoms with Crippen molar-refractivity contribution >= 4 is 14.1 Å². The van der Waals surface area contributed by atoms with E-state index in [1.165, 1.54) is 0 Å². The predicted molar refractivity (Wildman–Crippen MR) is 77.6 cm³/mol. The van der Waals surface area contributed by atoms with Gasteiger partial charge >= 0.3 is 0 Å². The Kier molecular flexibility index (Phi) is 4.74. The first kappa shape index (κ1) is 15.0. The summed E-state index contributed by atoms with van der Waals surface area (Å²) in [5.41, 5.74) is 0.476. The van der Waals surface area contributed by atoms with Crippen molar-refractivity contribution in [1.29, 1.82) is 0 Å². The largest absolute Gasteiger partial charge is 0.365 e. The molecular weight excluding hydrogens is 223 g/mol. The van der Waals surface area contributed by atoms with Crippen molar-refractivity contribution in [2.45, 2.75) is 51.1 Å². The highest BCUT2D eigenvalue weighted by Gasteiger charge is 2.31. The number of rotatable bonds is 6.